The minimum absolute atomic E-state index is 0.149. The number of nitrogens with two attached hydrogens (primary N) is 1. The van der Waals surface area contributed by atoms with Crippen LogP contribution >= 0.6 is 0 Å². The van der Waals surface area contributed by atoms with Gasteiger partial charge in [0.25, 0.3) is 5.56 Å². The van der Waals surface area contributed by atoms with Crippen molar-refractivity contribution in [3.8, 4) is 0 Å². The van der Waals surface area contributed by atoms with Gasteiger partial charge >= 0.3 is 0 Å². The molecule has 0 bridgehead atoms. The lowest BCUT2D eigenvalue weighted by molar-refractivity contribution is 0.667. The highest BCUT2D eigenvalue weighted by Gasteiger charge is 2.16. The van der Waals surface area contributed by atoms with E-state index in [1.54, 1.807) is 6.20 Å². The molecule has 0 saturated carbocycles. The molecule has 0 radical (unpaired) electrons. The molecule has 1 aromatic carbocycles. The maximum absolute atomic E-state index is 11.8. The van der Waals surface area contributed by atoms with E-state index in [4.69, 9.17) is 5.73 Å². The van der Waals surface area contributed by atoms with Crippen LogP contribution in [0.3, 0.4) is 0 Å². The Morgan fingerprint density at radius 1 is 1.37 bits per heavy atom. The van der Waals surface area contributed by atoms with Crippen LogP contribution in [0, 0.1) is 0 Å². The largest absolute Gasteiger partial charge is 0.398 e. The van der Waals surface area contributed by atoms with Gasteiger partial charge in [-0.3, -0.25) is 4.79 Å². The summed E-state index contributed by atoms with van der Waals surface area (Å²) in [4.78, 5) is 20.6. The normalized spacial score (nSPS) is 10.7. The summed E-state index contributed by atoms with van der Waals surface area (Å²) in [5, 5.41) is 0. The van der Waals surface area contributed by atoms with Crippen LogP contribution in [0.5, 0.6) is 0 Å². The molecule has 0 atom stereocenters. The van der Waals surface area contributed by atoms with Crippen LogP contribution < -0.4 is 16.2 Å². The lowest BCUT2D eigenvalue weighted by Gasteiger charge is -2.27. The number of aromatic nitrogens is 2. The molecular weight excluding hydrogens is 240 g/mol. The van der Waals surface area contributed by atoms with Crippen LogP contribution in [0.2, 0.25) is 0 Å². The van der Waals surface area contributed by atoms with Crippen molar-refractivity contribution in [2.75, 3.05) is 10.6 Å². The van der Waals surface area contributed by atoms with E-state index in [0.717, 1.165) is 11.3 Å². The van der Waals surface area contributed by atoms with Crippen molar-refractivity contribution in [3.63, 3.8) is 0 Å². The molecule has 0 amide bonds. The highest BCUT2D eigenvalue weighted by atomic mass is 16.1. The first-order valence-electron chi connectivity index (χ1n) is 6.23. The second kappa shape index (κ2) is 5.56. The SMILES string of the molecule is CC(C)N(Cc1ccccc1N)c1ncc[nH]c1=O. The van der Waals surface area contributed by atoms with E-state index in [-0.39, 0.29) is 11.6 Å². The Balaban J connectivity index is 2.35. The molecule has 2 aromatic rings. The zero-order valence-electron chi connectivity index (χ0n) is 11.1. The molecule has 0 spiro atoms. The van der Waals surface area contributed by atoms with Crippen molar-refractivity contribution in [3.05, 3.63) is 52.6 Å². The fourth-order valence-electron chi connectivity index (χ4n) is 1.91. The molecule has 0 saturated heterocycles. The monoisotopic (exact) mass is 258 g/mol. The molecule has 0 aliphatic rings. The van der Waals surface area contributed by atoms with E-state index in [0.29, 0.717) is 12.4 Å². The molecule has 1 heterocycles. The molecule has 2 rings (SSSR count). The summed E-state index contributed by atoms with van der Waals surface area (Å²) in [6.45, 7) is 4.60. The quantitative estimate of drug-likeness (QED) is 0.819. The number of nitrogens with zero attached hydrogens (tertiary/aromatic N) is 2. The molecule has 0 aliphatic heterocycles. The third-order valence-corrected chi connectivity index (χ3v) is 2.98. The molecule has 0 fully saturated rings. The fraction of sp³-hybridized carbons (Fsp3) is 0.286. The second-order valence-electron chi connectivity index (χ2n) is 4.66. The Kier molecular flexibility index (Phi) is 3.85. The first-order chi connectivity index (χ1) is 9.09. The van der Waals surface area contributed by atoms with Crippen molar-refractivity contribution < 1.29 is 0 Å². The molecule has 3 N–H and O–H groups in total. The van der Waals surface area contributed by atoms with E-state index < -0.39 is 0 Å². The molecule has 0 aliphatic carbocycles. The van der Waals surface area contributed by atoms with Gasteiger partial charge < -0.3 is 15.6 Å². The number of hydrogen-bond donors (Lipinski definition) is 2. The Hall–Kier alpha value is -2.30. The van der Waals surface area contributed by atoms with Crippen molar-refractivity contribution in [2.45, 2.75) is 26.4 Å². The van der Waals surface area contributed by atoms with Gasteiger partial charge in [0, 0.05) is 30.7 Å². The minimum atomic E-state index is -0.189. The Morgan fingerprint density at radius 2 is 2.11 bits per heavy atom. The topological polar surface area (TPSA) is 75.0 Å². The first-order valence-corrected chi connectivity index (χ1v) is 6.23. The van der Waals surface area contributed by atoms with Gasteiger partial charge in [-0.25, -0.2) is 4.98 Å². The van der Waals surface area contributed by atoms with Gasteiger partial charge in [-0.15, -0.1) is 0 Å². The van der Waals surface area contributed by atoms with Crippen molar-refractivity contribution in [1.82, 2.24) is 9.97 Å². The Labute approximate surface area is 112 Å². The summed E-state index contributed by atoms with van der Waals surface area (Å²) in [7, 11) is 0. The van der Waals surface area contributed by atoms with E-state index >= 15 is 0 Å². The van der Waals surface area contributed by atoms with Gasteiger partial charge in [0.1, 0.15) is 0 Å². The predicted octanol–water partition coefficient (Wildman–Crippen LogP) is 1.77. The number of benzene rings is 1. The summed E-state index contributed by atoms with van der Waals surface area (Å²) in [5.74, 6) is 0.417. The maximum atomic E-state index is 11.8. The molecule has 19 heavy (non-hydrogen) atoms. The van der Waals surface area contributed by atoms with Crippen molar-refractivity contribution >= 4 is 11.5 Å². The summed E-state index contributed by atoms with van der Waals surface area (Å²) in [6.07, 6.45) is 3.11. The summed E-state index contributed by atoms with van der Waals surface area (Å²) in [6, 6.07) is 7.80. The lowest BCUT2D eigenvalue weighted by atomic mass is 10.1. The molecular formula is C14H18N4O. The number of nitrogens with one attached hydrogen (secondary N) is 1. The predicted molar refractivity (Wildman–Crippen MR) is 77.0 cm³/mol. The highest BCUT2D eigenvalue weighted by molar-refractivity contribution is 5.49. The standard InChI is InChI=1S/C14H18N4O/c1-10(2)18(13-14(19)17-8-7-16-13)9-11-5-3-4-6-12(11)15/h3-8,10H,9,15H2,1-2H3,(H,17,19). The first kappa shape index (κ1) is 13.1. The third-order valence-electron chi connectivity index (χ3n) is 2.98. The second-order valence-corrected chi connectivity index (χ2v) is 4.66. The Bertz CT molecular complexity index is 606. The van der Waals surface area contributed by atoms with E-state index in [1.807, 2.05) is 43.0 Å². The van der Waals surface area contributed by atoms with E-state index in [1.165, 1.54) is 6.20 Å². The lowest BCUT2D eigenvalue weighted by Crippen LogP contribution is -2.35. The minimum Gasteiger partial charge on any atom is -0.398 e. The molecule has 0 unspecified atom stereocenters. The Morgan fingerprint density at radius 3 is 2.74 bits per heavy atom. The average molecular weight is 258 g/mol. The van der Waals surface area contributed by atoms with Crippen LogP contribution in [-0.4, -0.2) is 16.0 Å². The van der Waals surface area contributed by atoms with Crippen LogP contribution in [0.25, 0.3) is 0 Å². The highest BCUT2D eigenvalue weighted by Crippen LogP contribution is 2.17. The van der Waals surface area contributed by atoms with Gasteiger partial charge in [0.15, 0.2) is 5.82 Å². The van der Waals surface area contributed by atoms with Crippen LogP contribution in [0.4, 0.5) is 11.5 Å². The average Bonchev–Trinajstić information content (AvgIpc) is 2.38. The number of hydrogen-bond acceptors (Lipinski definition) is 4. The number of para-hydroxylation sites is 1. The van der Waals surface area contributed by atoms with Gasteiger partial charge in [0.05, 0.1) is 0 Å². The van der Waals surface area contributed by atoms with Gasteiger partial charge in [0.2, 0.25) is 0 Å². The maximum Gasteiger partial charge on any atom is 0.290 e. The van der Waals surface area contributed by atoms with Gasteiger partial charge in [-0.1, -0.05) is 18.2 Å². The number of anilines is 2. The van der Waals surface area contributed by atoms with Crippen LogP contribution in [-0.2, 0) is 6.54 Å². The fourth-order valence-corrected chi connectivity index (χ4v) is 1.91. The van der Waals surface area contributed by atoms with Crippen LogP contribution in [0.1, 0.15) is 19.4 Å². The summed E-state index contributed by atoms with van der Waals surface area (Å²) in [5.41, 5.74) is 7.47. The summed E-state index contributed by atoms with van der Waals surface area (Å²) < 4.78 is 0. The summed E-state index contributed by atoms with van der Waals surface area (Å²) >= 11 is 0. The van der Waals surface area contributed by atoms with Crippen LogP contribution in [0.15, 0.2) is 41.5 Å². The molecule has 5 nitrogen and oxygen atoms in total. The zero-order valence-corrected chi connectivity index (χ0v) is 11.1. The molecule has 100 valence electrons. The van der Waals surface area contributed by atoms with Crippen molar-refractivity contribution in [1.29, 1.82) is 0 Å². The third kappa shape index (κ3) is 2.93. The van der Waals surface area contributed by atoms with E-state index in [9.17, 15) is 4.79 Å². The van der Waals surface area contributed by atoms with Gasteiger partial charge in [-0.2, -0.15) is 0 Å². The smallest absolute Gasteiger partial charge is 0.290 e. The molecule has 1 aromatic heterocycles. The van der Waals surface area contributed by atoms with E-state index in [2.05, 4.69) is 9.97 Å². The van der Waals surface area contributed by atoms with Crippen molar-refractivity contribution in [2.24, 2.45) is 0 Å². The number of rotatable bonds is 4. The number of aromatic amines is 1. The number of nitrogen functional groups attached to an aromatic ring is 1. The molecule has 5 heteroatoms. The zero-order chi connectivity index (χ0) is 13.8. The van der Waals surface area contributed by atoms with Gasteiger partial charge in [-0.05, 0) is 25.5 Å². The number of H-pyrrole nitrogens is 1.